The van der Waals surface area contributed by atoms with Crippen molar-refractivity contribution in [1.29, 1.82) is 0 Å². The number of aryl methyl sites for hydroxylation is 1. The summed E-state index contributed by atoms with van der Waals surface area (Å²) >= 11 is 0. The van der Waals surface area contributed by atoms with Crippen molar-refractivity contribution >= 4 is 0 Å². The summed E-state index contributed by atoms with van der Waals surface area (Å²) < 4.78 is 38.5. The number of aromatic nitrogens is 3. The van der Waals surface area contributed by atoms with Crippen LogP contribution in [0.3, 0.4) is 0 Å². The Morgan fingerprint density at radius 2 is 1.75 bits per heavy atom. The predicted octanol–water partition coefficient (Wildman–Crippen LogP) is 2.59. The summed E-state index contributed by atoms with van der Waals surface area (Å²) in [7, 11) is 0. The highest BCUT2D eigenvalue weighted by Crippen LogP contribution is 2.28. The summed E-state index contributed by atoms with van der Waals surface area (Å²) in [5, 5.41) is 6.35. The molecule has 16 heavy (non-hydrogen) atoms. The zero-order valence-corrected chi connectivity index (χ0v) is 8.36. The molecule has 0 spiro atoms. The van der Waals surface area contributed by atoms with Crippen LogP contribution in [0, 0.1) is 6.92 Å². The maximum Gasteiger partial charge on any atom is 0.452 e. The van der Waals surface area contributed by atoms with E-state index in [1.165, 1.54) is 0 Å². The first-order valence-corrected chi connectivity index (χ1v) is 4.53. The van der Waals surface area contributed by atoms with Crippen LogP contribution in [0.4, 0.5) is 13.2 Å². The van der Waals surface area contributed by atoms with Gasteiger partial charge in [-0.1, -0.05) is 17.7 Å². The lowest BCUT2D eigenvalue weighted by Gasteiger charge is -2.08. The highest BCUT2D eigenvalue weighted by molar-refractivity contribution is 5.35. The maximum absolute atomic E-state index is 12.5. The third kappa shape index (κ3) is 1.91. The van der Waals surface area contributed by atoms with Gasteiger partial charge < -0.3 is 0 Å². The van der Waals surface area contributed by atoms with Crippen LogP contribution in [0.1, 0.15) is 11.4 Å². The number of hydrogen-bond donors (Lipinski definition) is 0. The van der Waals surface area contributed by atoms with Crippen LogP contribution in [0.25, 0.3) is 5.69 Å². The molecule has 0 aliphatic carbocycles. The highest BCUT2D eigenvalue weighted by Gasteiger charge is 2.37. The zero-order valence-electron chi connectivity index (χ0n) is 8.36. The van der Waals surface area contributed by atoms with Gasteiger partial charge in [0.05, 0.1) is 0 Å². The Kier molecular flexibility index (Phi) is 2.41. The molecular formula is C10H8F3N3. The number of halogens is 3. The Hall–Kier alpha value is -1.85. The smallest absolute Gasteiger partial charge is 0.278 e. The van der Waals surface area contributed by atoms with Crippen molar-refractivity contribution in [2.45, 2.75) is 13.1 Å². The number of nitrogens with zero attached hydrogens (tertiary/aromatic N) is 3. The molecule has 1 aromatic carbocycles. The Morgan fingerprint density at radius 3 is 2.31 bits per heavy atom. The van der Waals surface area contributed by atoms with E-state index >= 15 is 0 Å². The van der Waals surface area contributed by atoms with Crippen molar-refractivity contribution in [1.82, 2.24) is 14.8 Å². The van der Waals surface area contributed by atoms with Crippen LogP contribution in [0.15, 0.2) is 30.6 Å². The standard InChI is InChI=1S/C10H8F3N3/c1-7-2-4-8(5-3-7)16-6-14-15-9(16)10(11,12)13/h2-6H,1H3. The minimum Gasteiger partial charge on any atom is -0.278 e. The van der Waals surface area contributed by atoms with Gasteiger partial charge in [-0.2, -0.15) is 13.2 Å². The molecule has 84 valence electrons. The first-order valence-electron chi connectivity index (χ1n) is 4.53. The molecule has 6 heteroatoms. The summed E-state index contributed by atoms with van der Waals surface area (Å²) in [4.78, 5) is 0. The molecule has 0 amide bonds. The average molecular weight is 227 g/mol. The van der Waals surface area contributed by atoms with Crippen molar-refractivity contribution in [3.63, 3.8) is 0 Å². The van der Waals surface area contributed by atoms with E-state index in [2.05, 4.69) is 10.2 Å². The second-order valence-electron chi connectivity index (χ2n) is 3.36. The number of alkyl halides is 3. The molecule has 0 unspecified atom stereocenters. The molecule has 1 aromatic heterocycles. The molecular weight excluding hydrogens is 219 g/mol. The van der Waals surface area contributed by atoms with Gasteiger partial charge in [0.15, 0.2) is 0 Å². The number of hydrogen-bond acceptors (Lipinski definition) is 2. The fraction of sp³-hybridized carbons (Fsp3) is 0.200. The van der Waals surface area contributed by atoms with Crippen molar-refractivity contribution in [3.05, 3.63) is 42.0 Å². The van der Waals surface area contributed by atoms with E-state index in [9.17, 15) is 13.2 Å². The summed E-state index contributed by atoms with van der Waals surface area (Å²) in [6.45, 7) is 1.86. The van der Waals surface area contributed by atoms with Crippen LogP contribution >= 0.6 is 0 Å². The molecule has 1 heterocycles. The molecule has 0 bridgehead atoms. The first kappa shape index (κ1) is 10.7. The van der Waals surface area contributed by atoms with E-state index in [0.717, 1.165) is 16.5 Å². The van der Waals surface area contributed by atoms with Crippen molar-refractivity contribution in [2.75, 3.05) is 0 Å². The molecule has 3 nitrogen and oxygen atoms in total. The molecule has 0 saturated heterocycles. The van der Waals surface area contributed by atoms with E-state index < -0.39 is 12.0 Å². The van der Waals surface area contributed by atoms with Gasteiger partial charge in [-0.3, -0.25) is 4.57 Å². The molecule has 0 saturated carbocycles. The van der Waals surface area contributed by atoms with Crippen LogP contribution in [-0.4, -0.2) is 14.8 Å². The normalized spacial score (nSPS) is 11.8. The summed E-state index contributed by atoms with van der Waals surface area (Å²) in [5.41, 5.74) is 1.37. The van der Waals surface area contributed by atoms with E-state index in [4.69, 9.17) is 0 Å². The van der Waals surface area contributed by atoms with Gasteiger partial charge in [-0.05, 0) is 19.1 Å². The molecule has 0 aliphatic heterocycles. The topological polar surface area (TPSA) is 30.7 Å². The Morgan fingerprint density at radius 1 is 1.12 bits per heavy atom. The average Bonchev–Trinajstić information content (AvgIpc) is 2.66. The van der Waals surface area contributed by atoms with E-state index in [1.807, 2.05) is 6.92 Å². The lowest BCUT2D eigenvalue weighted by molar-refractivity contribution is -0.146. The Bertz CT molecular complexity index is 485. The third-order valence-corrected chi connectivity index (χ3v) is 2.11. The molecule has 0 aliphatic rings. The maximum atomic E-state index is 12.5. The third-order valence-electron chi connectivity index (χ3n) is 2.11. The minimum absolute atomic E-state index is 0.392. The molecule has 0 fully saturated rings. The minimum atomic E-state index is -4.50. The van der Waals surface area contributed by atoms with Crippen molar-refractivity contribution in [2.24, 2.45) is 0 Å². The van der Waals surface area contributed by atoms with Crippen LogP contribution in [-0.2, 0) is 6.18 Å². The molecule has 0 radical (unpaired) electrons. The highest BCUT2D eigenvalue weighted by atomic mass is 19.4. The second kappa shape index (κ2) is 3.62. The van der Waals surface area contributed by atoms with Gasteiger partial charge in [-0.15, -0.1) is 10.2 Å². The van der Waals surface area contributed by atoms with Gasteiger partial charge in [-0.25, -0.2) is 0 Å². The largest absolute Gasteiger partial charge is 0.452 e. The lowest BCUT2D eigenvalue weighted by atomic mass is 10.2. The molecule has 0 atom stereocenters. The first-order chi connectivity index (χ1) is 7.48. The predicted molar refractivity (Wildman–Crippen MR) is 51.1 cm³/mol. The van der Waals surface area contributed by atoms with Crippen molar-refractivity contribution < 1.29 is 13.2 Å². The summed E-state index contributed by atoms with van der Waals surface area (Å²) in [6, 6.07) is 6.65. The van der Waals surface area contributed by atoms with Gasteiger partial charge in [0.1, 0.15) is 6.33 Å². The van der Waals surface area contributed by atoms with Crippen molar-refractivity contribution in [3.8, 4) is 5.69 Å². The number of benzene rings is 1. The molecule has 2 aromatic rings. The van der Waals surface area contributed by atoms with Crippen LogP contribution < -0.4 is 0 Å². The molecule has 0 N–H and O–H groups in total. The van der Waals surface area contributed by atoms with Gasteiger partial charge >= 0.3 is 6.18 Å². The van der Waals surface area contributed by atoms with E-state index in [0.29, 0.717) is 5.69 Å². The fourth-order valence-electron chi connectivity index (χ4n) is 1.32. The van der Waals surface area contributed by atoms with E-state index in [1.54, 1.807) is 24.3 Å². The zero-order chi connectivity index (χ0) is 11.8. The lowest BCUT2D eigenvalue weighted by Crippen LogP contribution is -2.13. The number of rotatable bonds is 1. The second-order valence-corrected chi connectivity index (χ2v) is 3.36. The fourth-order valence-corrected chi connectivity index (χ4v) is 1.32. The van der Waals surface area contributed by atoms with E-state index in [-0.39, 0.29) is 0 Å². The quantitative estimate of drug-likeness (QED) is 0.749. The van der Waals surface area contributed by atoms with Crippen LogP contribution in [0.2, 0.25) is 0 Å². The van der Waals surface area contributed by atoms with Crippen LogP contribution in [0.5, 0.6) is 0 Å². The monoisotopic (exact) mass is 227 g/mol. The van der Waals surface area contributed by atoms with Gasteiger partial charge in [0.25, 0.3) is 0 Å². The van der Waals surface area contributed by atoms with Gasteiger partial charge in [0, 0.05) is 5.69 Å². The molecule has 2 rings (SSSR count). The summed E-state index contributed by atoms with van der Waals surface area (Å²) in [5.74, 6) is -1.02. The summed E-state index contributed by atoms with van der Waals surface area (Å²) in [6.07, 6.45) is -3.45. The SMILES string of the molecule is Cc1ccc(-n2cnnc2C(F)(F)F)cc1. The Labute approximate surface area is 89.5 Å². The van der Waals surface area contributed by atoms with Gasteiger partial charge in [0.2, 0.25) is 5.82 Å². The Balaban J connectivity index is 2.49.